The van der Waals surface area contributed by atoms with E-state index in [9.17, 15) is 0 Å². The number of aryl methyl sites for hydroxylation is 2. The van der Waals surface area contributed by atoms with Crippen molar-refractivity contribution in [3.05, 3.63) is 42.4 Å². The van der Waals surface area contributed by atoms with E-state index in [-0.39, 0.29) is 0 Å². The molecule has 1 aromatic carbocycles. The molecule has 0 spiro atoms. The molecule has 0 bridgehead atoms. The van der Waals surface area contributed by atoms with Crippen LogP contribution in [-0.4, -0.2) is 45.9 Å². The number of rotatable bonds is 2. The van der Waals surface area contributed by atoms with Crippen LogP contribution in [0.25, 0.3) is 11.0 Å². The van der Waals surface area contributed by atoms with E-state index in [1.165, 1.54) is 11.3 Å². The topological polar surface area (TPSA) is 50.1 Å². The van der Waals surface area contributed by atoms with Crippen molar-refractivity contribution in [1.82, 2.24) is 19.7 Å². The Kier molecular flexibility index (Phi) is 3.37. The van der Waals surface area contributed by atoms with Gasteiger partial charge in [0.15, 0.2) is 5.65 Å². The van der Waals surface area contributed by atoms with Gasteiger partial charge < -0.3 is 9.80 Å². The third kappa shape index (κ3) is 2.40. The van der Waals surface area contributed by atoms with E-state index in [4.69, 9.17) is 0 Å². The van der Waals surface area contributed by atoms with E-state index in [0.29, 0.717) is 0 Å². The number of hydrogen-bond donors (Lipinski definition) is 0. The van der Waals surface area contributed by atoms with E-state index in [2.05, 4.69) is 56.1 Å². The lowest BCUT2D eigenvalue weighted by Gasteiger charge is -2.37. The number of piperazine rings is 1. The summed E-state index contributed by atoms with van der Waals surface area (Å²) in [6.07, 6.45) is 3.49. The Hall–Kier alpha value is -2.63. The molecule has 6 nitrogen and oxygen atoms in total. The first-order chi connectivity index (χ1) is 11.2. The molecule has 1 fully saturated rings. The zero-order valence-corrected chi connectivity index (χ0v) is 13.5. The summed E-state index contributed by atoms with van der Waals surface area (Å²) < 4.78 is 1.80. The third-order valence-corrected chi connectivity index (χ3v) is 4.54. The highest BCUT2D eigenvalue weighted by atomic mass is 15.3. The second-order valence-electron chi connectivity index (χ2n) is 5.96. The zero-order chi connectivity index (χ0) is 15.8. The standard InChI is InChI=1S/C17H20N6/c1-13-5-3-4-6-15(13)22-7-9-23(10-8-22)17-14-11-20-21(2)16(14)18-12-19-17/h3-6,11-12H,7-10H2,1-2H3. The molecule has 0 unspecified atom stereocenters. The molecule has 6 heteroatoms. The fourth-order valence-corrected chi connectivity index (χ4v) is 3.28. The first kappa shape index (κ1) is 14.0. The van der Waals surface area contributed by atoms with Crippen molar-refractivity contribution in [2.45, 2.75) is 6.92 Å². The highest BCUT2D eigenvalue weighted by molar-refractivity contribution is 5.86. The quantitative estimate of drug-likeness (QED) is 0.725. The molecule has 3 aromatic rings. The van der Waals surface area contributed by atoms with Gasteiger partial charge in [-0.3, -0.25) is 4.68 Å². The second-order valence-corrected chi connectivity index (χ2v) is 5.96. The first-order valence-corrected chi connectivity index (χ1v) is 7.92. The summed E-state index contributed by atoms with van der Waals surface area (Å²) in [6, 6.07) is 8.58. The lowest BCUT2D eigenvalue weighted by molar-refractivity contribution is 0.647. The van der Waals surface area contributed by atoms with Gasteiger partial charge in [0.1, 0.15) is 12.1 Å². The van der Waals surface area contributed by atoms with Crippen LogP contribution in [0.15, 0.2) is 36.8 Å². The summed E-state index contributed by atoms with van der Waals surface area (Å²) in [5.41, 5.74) is 3.55. The number of nitrogens with zero attached hydrogens (tertiary/aromatic N) is 6. The molecule has 0 N–H and O–H groups in total. The van der Waals surface area contributed by atoms with Crippen molar-refractivity contribution >= 4 is 22.5 Å². The number of fused-ring (bicyclic) bond motifs is 1. The summed E-state index contributed by atoms with van der Waals surface area (Å²) in [4.78, 5) is 13.6. The smallest absolute Gasteiger partial charge is 0.163 e. The van der Waals surface area contributed by atoms with Crippen LogP contribution in [0.2, 0.25) is 0 Å². The number of benzene rings is 1. The Morgan fingerprint density at radius 3 is 2.48 bits per heavy atom. The average Bonchev–Trinajstić information content (AvgIpc) is 2.97. The molecular weight excluding hydrogens is 288 g/mol. The fourth-order valence-electron chi connectivity index (χ4n) is 3.28. The SMILES string of the molecule is Cc1ccccc1N1CCN(c2ncnc3c2cnn3C)CC1. The minimum Gasteiger partial charge on any atom is -0.368 e. The van der Waals surface area contributed by atoms with Crippen LogP contribution in [0.3, 0.4) is 0 Å². The molecule has 0 amide bonds. The van der Waals surface area contributed by atoms with Gasteiger partial charge in [0, 0.05) is 38.9 Å². The lowest BCUT2D eigenvalue weighted by Crippen LogP contribution is -2.47. The van der Waals surface area contributed by atoms with Crippen LogP contribution < -0.4 is 9.80 Å². The van der Waals surface area contributed by atoms with Crippen LogP contribution in [0.4, 0.5) is 11.5 Å². The van der Waals surface area contributed by atoms with Gasteiger partial charge in [-0.15, -0.1) is 0 Å². The number of anilines is 2. The van der Waals surface area contributed by atoms with E-state index in [1.807, 2.05) is 13.2 Å². The molecule has 1 aliphatic heterocycles. The molecule has 2 aromatic heterocycles. The van der Waals surface area contributed by atoms with Gasteiger partial charge in [0.25, 0.3) is 0 Å². The summed E-state index contributed by atoms with van der Waals surface area (Å²) in [5, 5.41) is 5.33. The Balaban J connectivity index is 1.56. The minimum atomic E-state index is 0.885. The van der Waals surface area contributed by atoms with E-state index in [1.54, 1.807) is 11.0 Å². The minimum absolute atomic E-state index is 0.885. The normalized spacial score (nSPS) is 15.4. The van der Waals surface area contributed by atoms with Crippen LogP contribution in [0.5, 0.6) is 0 Å². The van der Waals surface area contributed by atoms with Gasteiger partial charge >= 0.3 is 0 Å². The number of hydrogen-bond acceptors (Lipinski definition) is 5. The van der Waals surface area contributed by atoms with Gasteiger partial charge in [-0.25, -0.2) is 9.97 Å². The second kappa shape index (κ2) is 5.53. The van der Waals surface area contributed by atoms with Crippen molar-refractivity contribution < 1.29 is 0 Å². The highest BCUT2D eigenvalue weighted by Crippen LogP contribution is 2.25. The van der Waals surface area contributed by atoms with Gasteiger partial charge in [-0.1, -0.05) is 18.2 Å². The molecule has 0 aliphatic carbocycles. The number of para-hydroxylation sites is 1. The van der Waals surface area contributed by atoms with Crippen molar-refractivity contribution in [1.29, 1.82) is 0 Å². The molecule has 118 valence electrons. The molecule has 23 heavy (non-hydrogen) atoms. The van der Waals surface area contributed by atoms with Crippen LogP contribution in [0, 0.1) is 6.92 Å². The largest absolute Gasteiger partial charge is 0.368 e. The lowest BCUT2D eigenvalue weighted by atomic mass is 10.1. The predicted octanol–water partition coefficient (Wildman–Crippen LogP) is 2.00. The van der Waals surface area contributed by atoms with Crippen LogP contribution >= 0.6 is 0 Å². The van der Waals surface area contributed by atoms with Crippen LogP contribution in [0.1, 0.15) is 5.56 Å². The first-order valence-electron chi connectivity index (χ1n) is 7.92. The van der Waals surface area contributed by atoms with Crippen molar-refractivity contribution in [2.75, 3.05) is 36.0 Å². The monoisotopic (exact) mass is 308 g/mol. The fraction of sp³-hybridized carbons (Fsp3) is 0.353. The Morgan fingerprint density at radius 2 is 1.70 bits per heavy atom. The predicted molar refractivity (Wildman–Crippen MR) is 91.9 cm³/mol. The van der Waals surface area contributed by atoms with Gasteiger partial charge in [-0.05, 0) is 18.6 Å². The maximum atomic E-state index is 4.50. The third-order valence-electron chi connectivity index (χ3n) is 4.54. The molecule has 0 saturated carbocycles. The molecule has 0 atom stereocenters. The Morgan fingerprint density at radius 1 is 0.957 bits per heavy atom. The van der Waals surface area contributed by atoms with Crippen molar-refractivity contribution in [2.24, 2.45) is 7.05 Å². The van der Waals surface area contributed by atoms with Gasteiger partial charge in [0.2, 0.25) is 0 Å². The molecular formula is C17H20N6. The van der Waals surface area contributed by atoms with Crippen LogP contribution in [-0.2, 0) is 7.05 Å². The number of aromatic nitrogens is 4. The average molecular weight is 308 g/mol. The van der Waals surface area contributed by atoms with E-state index >= 15 is 0 Å². The summed E-state index contributed by atoms with van der Waals surface area (Å²) in [7, 11) is 1.91. The van der Waals surface area contributed by atoms with E-state index in [0.717, 1.165) is 43.0 Å². The summed E-state index contributed by atoms with van der Waals surface area (Å²) >= 11 is 0. The molecule has 3 heterocycles. The highest BCUT2D eigenvalue weighted by Gasteiger charge is 2.21. The van der Waals surface area contributed by atoms with E-state index < -0.39 is 0 Å². The van der Waals surface area contributed by atoms with Crippen molar-refractivity contribution in [3.8, 4) is 0 Å². The summed E-state index contributed by atoms with van der Waals surface area (Å²) in [6.45, 7) is 6.07. The zero-order valence-electron chi connectivity index (χ0n) is 13.5. The van der Waals surface area contributed by atoms with Gasteiger partial charge in [0.05, 0.1) is 11.6 Å². The maximum Gasteiger partial charge on any atom is 0.163 e. The summed E-state index contributed by atoms with van der Waals surface area (Å²) in [5.74, 6) is 0.993. The maximum absolute atomic E-state index is 4.50. The molecule has 1 saturated heterocycles. The Bertz CT molecular complexity index is 832. The van der Waals surface area contributed by atoms with Gasteiger partial charge in [-0.2, -0.15) is 5.10 Å². The molecule has 4 rings (SSSR count). The molecule has 1 aliphatic rings. The Labute approximate surface area is 135 Å². The van der Waals surface area contributed by atoms with Crippen molar-refractivity contribution in [3.63, 3.8) is 0 Å². The molecule has 0 radical (unpaired) electrons.